The van der Waals surface area contributed by atoms with Crippen LogP contribution >= 0.6 is 27.3 Å². The van der Waals surface area contributed by atoms with E-state index >= 15 is 0 Å². The first-order valence-corrected chi connectivity index (χ1v) is 8.42. The van der Waals surface area contributed by atoms with Crippen molar-refractivity contribution in [3.05, 3.63) is 44.7 Å². The second-order valence-electron chi connectivity index (χ2n) is 4.59. The van der Waals surface area contributed by atoms with Gasteiger partial charge in [0.05, 0.1) is 7.11 Å². The zero-order chi connectivity index (χ0) is 14.4. The maximum Gasteiger partial charge on any atom is 0.212 e. The quantitative estimate of drug-likeness (QED) is 0.808. The number of pyridine rings is 1. The molecule has 108 valence electrons. The summed E-state index contributed by atoms with van der Waals surface area (Å²) in [5.74, 6) is 0.656. The first-order valence-electron chi connectivity index (χ1n) is 6.68. The average Bonchev–Trinajstić information content (AvgIpc) is 2.90. The Bertz CT molecular complexity index is 527. The SMILES string of the molecule is CCCNC(Cc1ccc(OC)nc1)c1cscc1Br. The van der Waals surface area contributed by atoms with Gasteiger partial charge in [-0.1, -0.05) is 13.0 Å². The van der Waals surface area contributed by atoms with Crippen LogP contribution in [0.5, 0.6) is 5.88 Å². The minimum Gasteiger partial charge on any atom is -0.481 e. The van der Waals surface area contributed by atoms with Crippen LogP contribution in [0.2, 0.25) is 0 Å². The largest absolute Gasteiger partial charge is 0.481 e. The predicted octanol–water partition coefficient (Wildman–Crippen LogP) is 4.20. The fraction of sp³-hybridized carbons (Fsp3) is 0.400. The highest BCUT2D eigenvalue weighted by molar-refractivity contribution is 9.10. The standard InChI is InChI=1S/C15H19BrN2OS/c1-3-6-17-14(12-9-20-10-13(12)16)7-11-4-5-15(19-2)18-8-11/h4-5,8-10,14,17H,3,6-7H2,1-2H3. The van der Waals surface area contributed by atoms with Gasteiger partial charge in [-0.2, -0.15) is 11.3 Å². The maximum atomic E-state index is 5.10. The Labute approximate surface area is 132 Å². The summed E-state index contributed by atoms with van der Waals surface area (Å²) in [5.41, 5.74) is 2.52. The first-order chi connectivity index (χ1) is 9.74. The molecule has 1 atom stereocenters. The van der Waals surface area contributed by atoms with Gasteiger partial charge in [0.1, 0.15) is 0 Å². The van der Waals surface area contributed by atoms with Gasteiger partial charge in [0, 0.05) is 28.2 Å². The third-order valence-electron chi connectivity index (χ3n) is 3.11. The van der Waals surface area contributed by atoms with Crippen LogP contribution in [0.1, 0.15) is 30.5 Å². The van der Waals surface area contributed by atoms with Crippen molar-refractivity contribution >= 4 is 27.3 Å². The summed E-state index contributed by atoms with van der Waals surface area (Å²) >= 11 is 5.35. The van der Waals surface area contributed by atoms with Crippen molar-refractivity contribution in [1.29, 1.82) is 0 Å². The molecule has 0 aromatic carbocycles. The molecule has 0 saturated heterocycles. The Balaban J connectivity index is 2.12. The van der Waals surface area contributed by atoms with Crippen molar-refractivity contribution in [2.75, 3.05) is 13.7 Å². The van der Waals surface area contributed by atoms with E-state index in [-0.39, 0.29) is 0 Å². The van der Waals surface area contributed by atoms with Crippen molar-refractivity contribution in [2.24, 2.45) is 0 Å². The number of hydrogen-bond donors (Lipinski definition) is 1. The zero-order valence-electron chi connectivity index (χ0n) is 11.7. The summed E-state index contributed by atoms with van der Waals surface area (Å²) in [6, 6.07) is 4.30. The van der Waals surface area contributed by atoms with Gasteiger partial charge in [-0.25, -0.2) is 4.98 Å². The fourth-order valence-corrected chi connectivity index (χ4v) is 3.67. The van der Waals surface area contributed by atoms with Crippen molar-refractivity contribution in [3.63, 3.8) is 0 Å². The number of thiophene rings is 1. The molecule has 0 aliphatic rings. The lowest BCUT2D eigenvalue weighted by molar-refractivity contribution is 0.397. The van der Waals surface area contributed by atoms with Crippen LogP contribution in [0.25, 0.3) is 0 Å². The molecule has 2 aromatic rings. The van der Waals surface area contributed by atoms with E-state index in [1.54, 1.807) is 18.4 Å². The number of ether oxygens (including phenoxy) is 1. The van der Waals surface area contributed by atoms with Gasteiger partial charge in [0.15, 0.2) is 0 Å². The molecule has 0 aliphatic heterocycles. The van der Waals surface area contributed by atoms with Crippen molar-refractivity contribution in [1.82, 2.24) is 10.3 Å². The first kappa shape index (κ1) is 15.5. The van der Waals surface area contributed by atoms with Gasteiger partial charge in [0.2, 0.25) is 5.88 Å². The number of aromatic nitrogens is 1. The van der Waals surface area contributed by atoms with Crippen LogP contribution in [0.3, 0.4) is 0 Å². The number of rotatable bonds is 7. The average molecular weight is 355 g/mol. The third kappa shape index (κ3) is 4.04. The lowest BCUT2D eigenvalue weighted by Crippen LogP contribution is -2.24. The van der Waals surface area contributed by atoms with Crippen LogP contribution in [0.4, 0.5) is 0 Å². The second-order valence-corrected chi connectivity index (χ2v) is 6.19. The summed E-state index contributed by atoms with van der Waals surface area (Å²) < 4.78 is 6.28. The van der Waals surface area contributed by atoms with E-state index in [0.29, 0.717) is 11.9 Å². The van der Waals surface area contributed by atoms with Gasteiger partial charge in [-0.05, 0) is 51.8 Å². The Morgan fingerprint density at radius 2 is 2.25 bits per heavy atom. The Kier molecular flexibility index (Phi) is 6.01. The number of hydrogen-bond acceptors (Lipinski definition) is 4. The fourth-order valence-electron chi connectivity index (χ4n) is 2.04. The van der Waals surface area contributed by atoms with Gasteiger partial charge in [-0.15, -0.1) is 0 Å². The summed E-state index contributed by atoms with van der Waals surface area (Å²) in [6.45, 7) is 3.19. The number of nitrogens with one attached hydrogen (secondary N) is 1. The van der Waals surface area contributed by atoms with Crippen LogP contribution < -0.4 is 10.1 Å². The van der Waals surface area contributed by atoms with E-state index in [2.05, 4.69) is 50.0 Å². The number of methoxy groups -OCH3 is 1. The smallest absolute Gasteiger partial charge is 0.212 e. The molecular weight excluding hydrogens is 336 g/mol. The highest BCUT2D eigenvalue weighted by Crippen LogP contribution is 2.29. The molecule has 1 N–H and O–H groups in total. The molecule has 3 nitrogen and oxygen atoms in total. The molecule has 0 aliphatic carbocycles. The second kappa shape index (κ2) is 7.76. The highest BCUT2D eigenvalue weighted by atomic mass is 79.9. The van der Waals surface area contributed by atoms with E-state index in [9.17, 15) is 0 Å². The highest BCUT2D eigenvalue weighted by Gasteiger charge is 2.15. The molecular formula is C15H19BrN2OS. The minimum absolute atomic E-state index is 0.311. The molecule has 20 heavy (non-hydrogen) atoms. The van der Waals surface area contributed by atoms with Crippen molar-refractivity contribution in [2.45, 2.75) is 25.8 Å². The topological polar surface area (TPSA) is 34.1 Å². The van der Waals surface area contributed by atoms with Gasteiger partial charge in [0.25, 0.3) is 0 Å². The molecule has 1 unspecified atom stereocenters. The van der Waals surface area contributed by atoms with E-state index < -0.39 is 0 Å². The van der Waals surface area contributed by atoms with Gasteiger partial charge in [-0.3, -0.25) is 0 Å². The van der Waals surface area contributed by atoms with Crippen LogP contribution in [0, 0.1) is 0 Å². The van der Waals surface area contributed by atoms with Crippen LogP contribution in [0.15, 0.2) is 33.6 Å². The molecule has 5 heteroatoms. The van der Waals surface area contributed by atoms with Crippen molar-refractivity contribution in [3.8, 4) is 5.88 Å². The minimum atomic E-state index is 0.311. The molecule has 0 spiro atoms. The van der Waals surface area contributed by atoms with Crippen LogP contribution in [-0.2, 0) is 6.42 Å². The number of nitrogens with zero attached hydrogens (tertiary/aromatic N) is 1. The lowest BCUT2D eigenvalue weighted by atomic mass is 10.0. The maximum absolute atomic E-state index is 5.10. The molecule has 0 fully saturated rings. The Morgan fingerprint density at radius 1 is 1.40 bits per heavy atom. The lowest BCUT2D eigenvalue weighted by Gasteiger charge is -2.18. The van der Waals surface area contributed by atoms with Gasteiger partial charge >= 0.3 is 0 Å². The summed E-state index contributed by atoms with van der Waals surface area (Å²) in [4.78, 5) is 4.28. The Morgan fingerprint density at radius 3 is 2.80 bits per heavy atom. The normalized spacial score (nSPS) is 12.3. The summed E-state index contributed by atoms with van der Waals surface area (Å²) in [7, 11) is 1.64. The summed E-state index contributed by atoms with van der Waals surface area (Å²) in [5, 5.41) is 7.94. The number of halogens is 1. The van der Waals surface area contributed by atoms with E-state index in [1.165, 1.54) is 15.6 Å². The molecule has 2 rings (SSSR count). The van der Waals surface area contributed by atoms with E-state index in [0.717, 1.165) is 19.4 Å². The van der Waals surface area contributed by atoms with Crippen LogP contribution in [-0.4, -0.2) is 18.6 Å². The molecule has 0 amide bonds. The molecule has 0 radical (unpaired) electrons. The van der Waals surface area contributed by atoms with Crippen molar-refractivity contribution < 1.29 is 4.74 Å². The monoisotopic (exact) mass is 354 g/mol. The third-order valence-corrected chi connectivity index (χ3v) is 4.86. The van der Waals surface area contributed by atoms with E-state index in [1.807, 2.05) is 12.3 Å². The van der Waals surface area contributed by atoms with Gasteiger partial charge < -0.3 is 10.1 Å². The molecule has 0 saturated carbocycles. The molecule has 0 bridgehead atoms. The zero-order valence-corrected chi connectivity index (χ0v) is 14.1. The molecule has 2 heterocycles. The Hall–Kier alpha value is -0.910. The summed E-state index contributed by atoms with van der Waals surface area (Å²) in [6.07, 6.45) is 3.94. The van der Waals surface area contributed by atoms with E-state index in [4.69, 9.17) is 4.74 Å². The predicted molar refractivity (Wildman–Crippen MR) is 87.5 cm³/mol. The molecule has 2 aromatic heterocycles.